The Kier molecular flexibility index (Phi) is 33.8. The molecule has 2 aliphatic heterocycles. The monoisotopic (exact) mass is 1620 g/mol. The van der Waals surface area contributed by atoms with Gasteiger partial charge in [-0.1, -0.05) is 102 Å². The van der Waals surface area contributed by atoms with E-state index in [1.54, 1.807) is 46.0 Å². The normalized spacial score (nSPS) is 25.4. The highest BCUT2D eigenvalue weighted by Crippen LogP contribution is 2.29. The van der Waals surface area contributed by atoms with Crippen LogP contribution in [0.25, 0.3) is 11.0 Å². The van der Waals surface area contributed by atoms with E-state index in [1.165, 1.54) is 92.1 Å². The molecule has 1 aliphatic carbocycles. The van der Waals surface area contributed by atoms with Crippen LogP contribution in [-0.2, 0) is 93.1 Å². The predicted octanol–water partition coefficient (Wildman–Crippen LogP) is 1.66. The Bertz CT molecular complexity index is 4170. The van der Waals surface area contributed by atoms with Crippen LogP contribution in [0.15, 0.2) is 97.3 Å². The summed E-state index contributed by atoms with van der Waals surface area (Å²) in [7, 11) is 0. The maximum absolute atomic E-state index is 15.3. The van der Waals surface area contributed by atoms with Crippen molar-refractivity contribution in [2.24, 2.45) is 17.1 Å². The molecule has 4 heterocycles. The summed E-state index contributed by atoms with van der Waals surface area (Å²) in [6.45, 7) is 9.28. The van der Waals surface area contributed by atoms with E-state index >= 15 is 19.2 Å². The molecule has 1 unspecified atom stereocenters. The first-order valence-corrected chi connectivity index (χ1v) is 41.1. The Morgan fingerprint density at radius 1 is 0.535 bits per heavy atom. The third-order valence-electron chi connectivity index (χ3n) is 20.2. The number of phenolic OH excluding ortho intramolecular Hbond substituents is 2. The van der Waals surface area contributed by atoms with Gasteiger partial charge in [0.15, 0.2) is 0 Å². The second-order valence-corrected chi connectivity index (χ2v) is 32.6. The average Bonchev–Trinajstić information content (AvgIpc) is 1.56. The number of aliphatic hydroxyl groups excluding tert-OH is 2. The van der Waals surface area contributed by atoms with E-state index in [4.69, 9.17) is 5.73 Å². The number of benzene rings is 3. The molecule has 5 aromatic rings. The number of fused-ring (bicyclic) bond motifs is 12. The lowest BCUT2D eigenvalue weighted by Crippen LogP contribution is -2.63. The first-order chi connectivity index (χ1) is 54.3. The lowest BCUT2D eigenvalue weighted by atomic mass is 9.83. The zero-order valence-electron chi connectivity index (χ0n) is 65.1. The van der Waals surface area contributed by atoms with E-state index in [2.05, 4.69) is 73.8 Å². The van der Waals surface area contributed by atoms with Crippen molar-refractivity contribution in [2.75, 3.05) is 18.1 Å². The fourth-order valence-corrected chi connectivity index (χ4v) is 15.7. The van der Waals surface area contributed by atoms with Crippen molar-refractivity contribution in [1.82, 2.24) is 73.8 Å². The molecule has 13 amide bonds. The molecule has 1 saturated heterocycles. The molecule has 8 rings (SSSR count). The summed E-state index contributed by atoms with van der Waals surface area (Å²) in [5.74, 6) is -11.1. The van der Waals surface area contributed by atoms with Crippen molar-refractivity contribution in [2.45, 2.75) is 234 Å². The number of hydrogen-bond acceptors (Lipinski definition) is 20. The summed E-state index contributed by atoms with van der Waals surface area (Å²) in [6, 6.07) is 5.57. The first-order valence-electron chi connectivity index (χ1n) is 38.8. The fourth-order valence-electron chi connectivity index (χ4n) is 13.8. The summed E-state index contributed by atoms with van der Waals surface area (Å²) in [6.07, 6.45) is 1.28. The SMILES string of the molecule is CCCC1NC(=O)[C@H](Cc2c[nH]c3ncccc23)NC(=O)[C@H]([C@@H](C)O)NC(=O)[C@@H]2CCCCNC(=O)CC[C@H](NC1=O)C(=O)N[C@@H](Cc1ccc(O)cc1)C(=O)N[C@@H](C1CCCCC1)C(=O)N[C@@H]([C@@H](C)O)C(=O)N[C@@H](C(N)=O)CSCc1cccc(c1)CSCCC(=O)N[C@@H](C(C)(C)C)C(=O)N[C@@H](Cc1ccc(O)cc1)C(=O)N2. The van der Waals surface area contributed by atoms with Gasteiger partial charge < -0.3 is 94.9 Å². The van der Waals surface area contributed by atoms with Crippen LogP contribution in [0.5, 0.6) is 11.5 Å². The molecule has 3 aromatic carbocycles. The molecule has 32 nitrogen and oxygen atoms in total. The van der Waals surface area contributed by atoms with E-state index < -0.39 is 180 Å². The van der Waals surface area contributed by atoms with Gasteiger partial charge in [-0.2, -0.15) is 23.5 Å². The van der Waals surface area contributed by atoms with Crippen LogP contribution in [0.1, 0.15) is 153 Å². The molecule has 34 heteroatoms. The van der Waals surface area contributed by atoms with Crippen LogP contribution in [0.2, 0.25) is 0 Å². The molecule has 2 aromatic heterocycles. The number of rotatable bonds is 12. The molecule has 1 saturated carbocycles. The number of pyridine rings is 1. The summed E-state index contributed by atoms with van der Waals surface area (Å²) in [5.41, 5.74) is 8.37. The predicted molar refractivity (Wildman–Crippen MR) is 428 cm³/mol. The van der Waals surface area contributed by atoms with Gasteiger partial charge in [-0.15, -0.1) is 0 Å². The summed E-state index contributed by atoms with van der Waals surface area (Å²) in [5, 5.41) is 76.4. The minimum absolute atomic E-state index is 0.0306. The summed E-state index contributed by atoms with van der Waals surface area (Å²) in [4.78, 5) is 198. The number of aliphatic hydroxyl groups is 2. The molecule has 13 atom stereocenters. The quantitative estimate of drug-likeness (QED) is 0.0844. The zero-order valence-corrected chi connectivity index (χ0v) is 66.7. The number of amides is 13. The standard InChI is InChI=1S/C80H109N15O17S2/c1-7-15-55-70(103)87-57-30-31-62(100)82-33-12-11-21-56(72(105)93-64(44(2)96)76(109)89-60(74(107)85-55)39-51-40-84-69-54(51)20-14-34-83-69)86-73(106)58(37-46-22-26-52(98)27-23-46)90-79(112)67(80(4,5)6)92-63(101)32-35-113-41-48-16-13-17-49(36-48)42-114-43-61(68(81)102)91-77(110)65(45(3)97)94-78(111)66(50-18-9-8-10-19-50)95-75(108)59(88-71(57)104)38-47-24-28-53(99)29-25-47/h13-14,16-17,20,22-29,34,36,40,44-45,50,55-61,64-67,96-99H,7-12,15,18-19,21,30-33,35,37-39,41-43H2,1-6H3,(H2,81,102)(H,82,100)(H,83,84)(H,85,107)(H,86,106)(H,87,103)(H,88,104)(H,89,109)(H,90,112)(H,91,110)(H,92,101)(H,93,105)(H,94,111)(H,95,108)/t44-,45-,55?,56+,57+,58+,59+,60+,61-,64+,65+,66+,67-/m1/s1. The molecule has 4 bridgehead atoms. The van der Waals surface area contributed by atoms with Gasteiger partial charge in [-0.25, -0.2) is 4.98 Å². The highest BCUT2D eigenvalue weighted by molar-refractivity contribution is 7.98. The van der Waals surface area contributed by atoms with Crippen LogP contribution in [0.4, 0.5) is 0 Å². The number of primary amides is 1. The number of aromatic hydroxyl groups is 2. The van der Waals surface area contributed by atoms with E-state index in [1.807, 2.05) is 24.3 Å². The molecule has 618 valence electrons. The Morgan fingerprint density at radius 2 is 1.06 bits per heavy atom. The largest absolute Gasteiger partial charge is 0.508 e. The minimum atomic E-state index is -1.84. The van der Waals surface area contributed by atoms with E-state index in [-0.39, 0.29) is 81.6 Å². The van der Waals surface area contributed by atoms with Gasteiger partial charge in [-0.05, 0) is 134 Å². The van der Waals surface area contributed by atoms with E-state index in [0.29, 0.717) is 70.7 Å². The lowest BCUT2D eigenvalue weighted by Gasteiger charge is -2.33. The van der Waals surface area contributed by atoms with E-state index in [9.17, 15) is 63.6 Å². The maximum Gasteiger partial charge on any atom is 0.245 e. The van der Waals surface area contributed by atoms with Gasteiger partial charge in [0.25, 0.3) is 0 Å². The van der Waals surface area contributed by atoms with Crippen LogP contribution in [0.3, 0.4) is 0 Å². The topological polar surface area (TPSA) is 502 Å². The lowest BCUT2D eigenvalue weighted by molar-refractivity contribution is -0.137. The number of nitrogens with one attached hydrogen (secondary N) is 13. The Morgan fingerprint density at radius 3 is 1.67 bits per heavy atom. The van der Waals surface area contributed by atoms with Crippen molar-refractivity contribution >= 4 is 111 Å². The van der Waals surface area contributed by atoms with Crippen LogP contribution in [-0.4, -0.2) is 204 Å². The third kappa shape index (κ3) is 27.2. The molecular formula is C80H109N15O17S2. The van der Waals surface area contributed by atoms with Gasteiger partial charge in [0, 0.05) is 79.4 Å². The number of carbonyl (C=O) groups excluding carboxylic acids is 13. The smallest absolute Gasteiger partial charge is 0.245 e. The molecular weight excluding hydrogens is 1510 g/mol. The number of H-pyrrole nitrogens is 1. The second kappa shape index (κ2) is 43.2. The number of nitrogens with two attached hydrogens (primary N) is 1. The highest BCUT2D eigenvalue weighted by Gasteiger charge is 2.41. The van der Waals surface area contributed by atoms with E-state index in [0.717, 1.165) is 17.5 Å². The zero-order chi connectivity index (χ0) is 82.8. The highest BCUT2D eigenvalue weighted by atomic mass is 32.2. The molecule has 19 N–H and O–H groups in total. The average molecular weight is 1620 g/mol. The molecule has 3 aliphatic rings. The van der Waals surface area contributed by atoms with Crippen molar-refractivity contribution in [3.8, 4) is 11.5 Å². The first kappa shape index (κ1) is 89.2. The van der Waals surface area contributed by atoms with Crippen LogP contribution in [0, 0.1) is 11.3 Å². The van der Waals surface area contributed by atoms with Crippen molar-refractivity contribution < 1.29 is 82.8 Å². The minimum Gasteiger partial charge on any atom is -0.508 e. The number of phenols is 2. The van der Waals surface area contributed by atoms with Crippen molar-refractivity contribution in [3.05, 3.63) is 125 Å². The Hall–Kier alpha value is -10.3. The van der Waals surface area contributed by atoms with Gasteiger partial charge in [0.05, 0.1) is 12.2 Å². The number of thioether (sulfide) groups is 2. The number of carbonyl (C=O) groups is 13. The number of aromatic nitrogens is 2. The Labute approximate surface area is 670 Å². The summed E-state index contributed by atoms with van der Waals surface area (Å²) < 4.78 is 0. The molecule has 0 spiro atoms. The third-order valence-corrected chi connectivity index (χ3v) is 22.3. The van der Waals surface area contributed by atoms with Gasteiger partial charge in [-0.3, -0.25) is 62.3 Å². The van der Waals surface area contributed by atoms with Crippen LogP contribution < -0.4 is 69.5 Å². The fraction of sp³-hybridized carbons (Fsp3) is 0.525. The van der Waals surface area contributed by atoms with Gasteiger partial charge in [0.2, 0.25) is 76.8 Å². The molecule has 0 radical (unpaired) electrons. The maximum atomic E-state index is 15.3. The van der Waals surface area contributed by atoms with Crippen molar-refractivity contribution in [1.29, 1.82) is 0 Å². The van der Waals surface area contributed by atoms with Gasteiger partial charge >= 0.3 is 0 Å². The number of hydrogen-bond donors (Lipinski definition) is 18. The molecule has 114 heavy (non-hydrogen) atoms. The second-order valence-electron chi connectivity index (χ2n) is 30.5. The summed E-state index contributed by atoms with van der Waals surface area (Å²) >= 11 is 2.72. The van der Waals surface area contributed by atoms with Crippen LogP contribution >= 0.6 is 23.5 Å². The van der Waals surface area contributed by atoms with Crippen molar-refractivity contribution in [3.63, 3.8) is 0 Å². The Balaban J connectivity index is 1.19. The van der Waals surface area contributed by atoms with Gasteiger partial charge in [0.1, 0.15) is 83.6 Å². The number of nitrogens with zero attached hydrogens (tertiary/aromatic N) is 1. The number of aromatic amines is 1. The molecule has 2 fully saturated rings.